The van der Waals surface area contributed by atoms with Crippen LogP contribution in [0.4, 0.5) is 0 Å². The largest absolute Gasteiger partial charge is 0.349 e. The van der Waals surface area contributed by atoms with E-state index >= 15 is 0 Å². The number of hydrogen-bond acceptors (Lipinski definition) is 2. The first-order valence-corrected chi connectivity index (χ1v) is 6.48. The van der Waals surface area contributed by atoms with Crippen molar-refractivity contribution in [2.45, 2.75) is 46.7 Å². The summed E-state index contributed by atoms with van der Waals surface area (Å²) in [6.45, 7) is 9.46. The highest BCUT2D eigenvalue weighted by Crippen LogP contribution is 2.35. The van der Waals surface area contributed by atoms with Crippen molar-refractivity contribution in [3.8, 4) is 0 Å². The standard InChI is InChI=1S/C14H19N3O/c1-9(2)17-13(18)11-7-16-8-14(3,4)5-12(16)10(11)6-15-17/h6-7,9H,5,8H2,1-4H3. The van der Waals surface area contributed by atoms with E-state index in [9.17, 15) is 4.79 Å². The summed E-state index contributed by atoms with van der Waals surface area (Å²) in [5, 5.41) is 6.13. The Hall–Kier alpha value is -1.58. The second-order valence-corrected chi connectivity index (χ2v) is 6.36. The summed E-state index contributed by atoms with van der Waals surface area (Å²) < 4.78 is 3.78. The molecule has 1 aliphatic rings. The van der Waals surface area contributed by atoms with Crippen LogP contribution in [0.2, 0.25) is 0 Å². The Morgan fingerprint density at radius 1 is 1.33 bits per heavy atom. The molecule has 2 aromatic heterocycles. The van der Waals surface area contributed by atoms with E-state index in [2.05, 4.69) is 23.5 Å². The summed E-state index contributed by atoms with van der Waals surface area (Å²) in [6, 6.07) is 0.105. The molecule has 0 spiro atoms. The van der Waals surface area contributed by atoms with Gasteiger partial charge in [0.15, 0.2) is 0 Å². The lowest BCUT2D eigenvalue weighted by molar-refractivity contribution is 0.359. The minimum Gasteiger partial charge on any atom is -0.349 e. The van der Waals surface area contributed by atoms with Crippen molar-refractivity contribution in [3.63, 3.8) is 0 Å². The third kappa shape index (κ3) is 1.51. The summed E-state index contributed by atoms with van der Waals surface area (Å²) in [6.07, 6.45) is 4.87. The van der Waals surface area contributed by atoms with E-state index in [1.807, 2.05) is 26.2 Å². The Labute approximate surface area is 106 Å². The van der Waals surface area contributed by atoms with Crippen LogP contribution in [0.3, 0.4) is 0 Å². The highest BCUT2D eigenvalue weighted by molar-refractivity contribution is 5.84. The van der Waals surface area contributed by atoms with Gasteiger partial charge in [-0.3, -0.25) is 4.79 Å². The molecular formula is C14H19N3O. The van der Waals surface area contributed by atoms with Gasteiger partial charge in [-0.2, -0.15) is 5.10 Å². The molecule has 0 aromatic carbocycles. The number of hydrogen-bond donors (Lipinski definition) is 0. The van der Waals surface area contributed by atoms with Crippen LogP contribution in [-0.4, -0.2) is 14.3 Å². The number of rotatable bonds is 1. The van der Waals surface area contributed by atoms with E-state index in [1.165, 1.54) is 5.69 Å². The van der Waals surface area contributed by atoms with Crippen LogP contribution in [0, 0.1) is 5.41 Å². The average molecular weight is 245 g/mol. The summed E-state index contributed by atoms with van der Waals surface area (Å²) in [7, 11) is 0. The van der Waals surface area contributed by atoms with E-state index in [0.29, 0.717) is 0 Å². The molecule has 3 rings (SSSR count). The van der Waals surface area contributed by atoms with E-state index in [4.69, 9.17) is 0 Å². The fraction of sp³-hybridized carbons (Fsp3) is 0.571. The maximum atomic E-state index is 12.3. The highest BCUT2D eigenvalue weighted by atomic mass is 16.1. The molecule has 3 heterocycles. The summed E-state index contributed by atoms with van der Waals surface area (Å²) >= 11 is 0. The molecule has 96 valence electrons. The Bertz CT molecular complexity index is 676. The van der Waals surface area contributed by atoms with Crippen LogP contribution < -0.4 is 5.56 Å². The minimum absolute atomic E-state index is 0.0298. The minimum atomic E-state index is 0.0298. The molecule has 0 saturated carbocycles. The molecule has 0 atom stereocenters. The molecule has 4 heteroatoms. The van der Waals surface area contributed by atoms with Crippen LogP contribution in [0.25, 0.3) is 10.8 Å². The van der Waals surface area contributed by atoms with Gasteiger partial charge in [-0.1, -0.05) is 13.8 Å². The summed E-state index contributed by atoms with van der Waals surface area (Å²) in [5.74, 6) is 0. The average Bonchev–Trinajstić information content (AvgIpc) is 2.71. The first-order chi connectivity index (χ1) is 8.39. The molecule has 0 fully saturated rings. The number of fused-ring (bicyclic) bond motifs is 3. The summed E-state index contributed by atoms with van der Waals surface area (Å²) in [5.41, 5.74) is 1.58. The molecule has 0 aliphatic carbocycles. The van der Waals surface area contributed by atoms with E-state index in [-0.39, 0.29) is 17.0 Å². The zero-order valence-electron chi connectivity index (χ0n) is 11.4. The third-order valence-electron chi connectivity index (χ3n) is 3.72. The Kier molecular flexibility index (Phi) is 2.22. The predicted octanol–water partition coefficient (Wildman–Crippen LogP) is 2.36. The van der Waals surface area contributed by atoms with Crippen LogP contribution in [-0.2, 0) is 13.0 Å². The molecule has 0 unspecified atom stereocenters. The van der Waals surface area contributed by atoms with Crippen molar-refractivity contribution in [2.24, 2.45) is 5.41 Å². The molecule has 1 aliphatic heterocycles. The van der Waals surface area contributed by atoms with Crippen molar-refractivity contribution < 1.29 is 0 Å². The van der Waals surface area contributed by atoms with Crippen molar-refractivity contribution in [3.05, 3.63) is 28.4 Å². The second kappa shape index (κ2) is 3.46. The topological polar surface area (TPSA) is 39.8 Å². The molecule has 0 radical (unpaired) electrons. The van der Waals surface area contributed by atoms with Crippen molar-refractivity contribution in [1.82, 2.24) is 14.3 Å². The molecule has 0 saturated heterocycles. The highest BCUT2D eigenvalue weighted by Gasteiger charge is 2.30. The Morgan fingerprint density at radius 2 is 2.06 bits per heavy atom. The third-order valence-corrected chi connectivity index (χ3v) is 3.72. The van der Waals surface area contributed by atoms with Crippen molar-refractivity contribution in [1.29, 1.82) is 0 Å². The first-order valence-electron chi connectivity index (χ1n) is 6.48. The van der Waals surface area contributed by atoms with Crippen LogP contribution in [0.15, 0.2) is 17.2 Å². The Morgan fingerprint density at radius 3 is 2.72 bits per heavy atom. The lowest BCUT2D eigenvalue weighted by Crippen LogP contribution is -2.24. The van der Waals surface area contributed by atoms with Crippen LogP contribution >= 0.6 is 0 Å². The van der Waals surface area contributed by atoms with Gasteiger partial charge < -0.3 is 4.57 Å². The zero-order valence-corrected chi connectivity index (χ0v) is 11.4. The monoisotopic (exact) mass is 245 g/mol. The van der Waals surface area contributed by atoms with Gasteiger partial charge in [0.05, 0.1) is 17.6 Å². The molecule has 0 amide bonds. The van der Waals surface area contributed by atoms with Crippen LogP contribution in [0.1, 0.15) is 39.4 Å². The molecule has 18 heavy (non-hydrogen) atoms. The SMILES string of the molecule is CC(C)n1ncc2c3n(cc2c1=O)CC(C)(C)C3. The summed E-state index contributed by atoms with van der Waals surface area (Å²) in [4.78, 5) is 12.3. The molecule has 2 aromatic rings. The van der Waals surface area contributed by atoms with Crippen LogP contribution in [0.5, 0.6) is 0 Å². The smallest absolute Gasteiger partial charge is 0.276 e. The second-order valence-electron chi connectivity index (χ2n) is 6.36. The number of aromatic nitrogens is 3. The fourth-order valence-electron chi connectivity index (χ4n) is 2.90. The normalized spacial score (nSPS) is 17.6. The zero-order chi connectivity index (χ0) is 13.1. The van der Waals surface area contributed by atoms with Gasteiger partial charge in [-0.05, 0) is 25.7 Å². The quantitative estimate of drug-likeness (QED) is 0.773. The molecule has 0 N–H and O–H groups in total. The van der Waals surface area contributed by atoms with Gasteiger partial charge >= 0.3 is 0 Å². The molecule has 4 nitrogen and oxygen atoms in total. The maximum Gasteiger partial charge on any atom is 0.276 e. The van der Waals surface area contributed by atoms with Gasteiger partial charge in [0.2, 0.25) is 0 Å². The van der Waals surface area contributed by atoms with E-state index < -0.39 is 0 Å². The lowest BCUT2D eigenvalue weighted by atomic mass is 9.90. The Balaban J connectivity index is 2.25. The predicted molar refractivity (Wildman–Crippen MR) is 71.9 cm³/mol. The lowest BCUT2D eigenvalue weighted by Gasteiger charge is -2.15. The fourth-order valence-corrected chi connectivity index (χ4v) is 2.90. The van der Waals surface area contributed by atoms with Gasteiger partial charge in [0.1, 0.15) is 0 Å². The maximum absolute atomic E-state index is 12.3. The van der Waals surface area contributed by atoms with Gasteiger partial charge in [0.25, 0.3) is 5.56 Å². The molecular weight excluding hydrogens is 226 g/mol. The van der Waals surface area contributed by atoms with Gasteiger partial charge in [-0.25, -0.2) is 4.68 Å². The van der Waals surface area contributed by atoms with Crippen molar-refractivity contribution >= 4 is 10.8 Å². The first kappa shape index (κ1) is 11.5. The van der Waals surface area contributed by atoms with E-state index in [0.717, 1.165) is 23.7 Å². The molecule has 0 bridgehead atoms. The van der Waals surface area contributed by atoms with Gasteiger partial charge in [-0.15, -0.1) is 0 Å². The van der Waals surface area contributed by atoms with E-state index in [1.54, 1.807) is 4.68 Å². The number of nitrogens with zero attached hydrogens (tertiary/aromatic N) is 3. The van der Waals surface area contributed by atoms with Crippen molar-refractivity contribution in [2.75, 3.05) is 0 Å². The van der Waals surface area contributed by atoms with Gasteiger partial charge in [0, 0.05) is 23.8 Å².